The molecule has 0 aromatic rings. The van der Waals surface area contributed by atoms with Crippen LogP contribution in [0.1, 0.15) is 12.8 Å². The normalized spacial score (nSPS) is 45.8. The van der Waals surface area contributed by atoms with E-state index in [9.17, 15) is 0 Å². The van der Waals surface area contributed by atoms with Gasteiger partial charge >= 0.3 is 0 Å². The molecule has 11 heavy (non-hydrogen) atoms. The van der Waals surface area contributed by atoms with E-state index in [0.29, 0.717) is 5.92 Å². The van der Waals surface area contributed by atoms with E-state index >= 15 is 0 Å². The fourth-order valence-electron chi connectivity index (χ4n) is 2.51. The molecule has 0 aromatic carbocycles. The second kappa shape index (κ2) is 1.97. The van der Waals surface area contributed by atoms with Gasteiger partial charge in [0.15, 0.2) is 5.79 Å². The van der Waals surface area contributed by atoms with E-state index < -0.39 is 0 Å². The summed E-state index contributed by atoms with van der Waals surface area (Å²) in [5, 5.41) is 0. The van der Waals surface area contributed by atoms with Crippen molar-refractivity contribution in [1.82, 2.24) is 0 Å². The number of hydrogen-bond donors (Lipinski definition) is 0. The molecule has 1 spiro atoms. The summed E-state index contributed by atoms with van der Waals surface area (Å²) in [4.78, 5) is 0. The van der Waals surface area contributed by atoms with Gasteiger partial charge in [0.05, 0.1) is 19.8 Å². The zero-order valence-electron chi connectivity index (χ0n) is 6.41. The molecular formula is C8H12O3. The first kappa shape index (κ1) is 6.40. The third kappa shape index (κ3) is 0.643. The third-order valence-electron chi connectivity index (χ3n) is 3.03. The molecule has 3 heteroatoms. The van der Waals surface area contributed by atoms with Crippen LogP contribution >= 0.6 is 0 Å². The molecule has 2 saturated heterocycles. The van der Waals surface area contributed by atoms with Gasteiger partial charge in [-0.1, -0.05) is 0 Å². The van der Waals surface area contributed by atoms with Crippen LogP contribution in [0.2, 0.25) is 0 Å². The molecule has 0 amide bonds. The van der Waals surface area contributed by atoms with E-state index in [1.165, 1.54) is 6.42 Å². The highest BCUT2D eigenvalue weighted by Crippen LogP contribution is 2.48. The van der Waals surface area contributed by atoms with Crippen molar-refractivity contribution in [1.29, 1.82) is 0 Å². The summed E-state index contributed by atoms with van der Waals surface area (Å²) < 4.78 is 16.8. The van der Waals surface area contributed by atoms with Gasteiger partial charge in [-0.2, -0.15) is 0 Å². The van der Waals surface area contributed by atoms with Crippen LogP contribution in [0, 0.1) is 5.92 Å². The van der Waals surface area contributed by atoms with Crippen molar-refractivity contribution in [3.63, 3.8) is 0 Å². The molecule has 0 radical (unpaired) electrons. The van der Waals surface area contributed by atoms with E-state index in [0.717, 1.165) is 26.2 Å². The lowest BCUT2D eigenvalue weighted by atomic mass is 10.1. The van der Waals surface area contributed by atoms with Crippen LogP contribution in [-0.4, -0.2) is 31.7 Å². The first-order valence-electron chi connectivity index (χ1n) is 4.31. The predicted molar refractivity (Wildman–Crippen MR) is 37.1 cm³/mol. The van der Waals surface area contributed by atoms with Crippen molar-refractivity contribution in [3.05, 3.63) is 0 Å². The van der Waals surface area contributed by atoms with Gasteiger partial charge in [-0.05, 0) is 12.8 Å². The van der Waals surface area contributed by atoms with Gasteiger partial charge in [-0.25, -0.2) is 0 Å². The minimum atomic E-state index is -0.306. The quantitative estimate of drug-likeness (QED) is 0.512. The summed E-state index contributed by atoms with van der Waals surface area (Å²) in [7, 11) is 0. The van der Waals surface area contributed by atoms with E-state index in [1.807, 2.05) is 0 Å². The minimum absolute atomic E-state index is 0.231. The number of rotatable bonds is 0. The van der Waals surface area contributed by atoms with Gasteiger partial charge in [0.1, 0.15) is 6.10 Å². The third-order valence-corrected chi connectivity index (χ3v) is 3.03. The summed E-state index contributed by atoms with van der Waals surface area (Å²) >= 11 is 0. The van der Waals surface area contributed by atoms with Crippen LogP contribution in [-0.2, 0) is 14.2 Å². The standard InChI is InChI=1S/C8H12O3/c1-2-7-8(6(1)5-9-7)10-3-4-11-8/h6-7H,1-5H2/t6?,7-/m0/s1. The summed E-state index contributed by atoms with van der Waals surface area (Å²) in [5.41, 5.74) is 0. The Hall–Kier alpha value is -0.120. The molecular weight excluding hydrogens is 144 g/mol. The van der Waals surface area contributed by atoms with Crippen LogP contribution in [0.4, 0.5) is 0 Å². The summed E-state index contributed by atoms with van der Waals surface area (Å²) in [6, 6.07) is 0. The average molecular weight is 156 g/mol. The smallest absolute Gasteiger partial charge is 0.199 e. The van der Waals surface area contributed by atoms with Crippen LogP contribution < -0.4 is 0 Å². The first-order valence-corrected chi connectivity index (χ1v) is 4.31. The molecule has 1 aliphatic carbocycles. The summed E-state index contributed by atoms with van der Waals surface area (Å²) in [6.45, 7) is 2.33. The highest BCUT2D eigenvalue weighted by molar-refractivity contribution is 5.01. The van der Waals surface area contributed by atoms with Crippen molar-refractivity contribution < 1.29 is 14.2 Å². The Morgan fingerprint density at radius 3 is 2.36 bits per heavy atom. The Kier molecular flexibility index (Phi) is 1.15. The maximum atomic E-state index is 5.64. The van der Waals surface area contributed by atoms with Crippen molar-refractivity contribution in [2.45, 2.75) is 24.7 Å². The van der Waals surface area contributed by atoms with E-state index in [2.05, 4.69) is 0 Å². The van der Waals surface area contributed by atoms with Crippen LogP contribution in [0.5, 0.6) is 0 Å². The highest BCUT2D eigenvalue weighted by atomic mass is 16.8. The zero-order chi connectivity index (χ0) is 7.31. The van der Waals surface area contributed by atoms with Crippen LogP contribution in [0.25, 0.3) is 0 Å². The highest BCUT2D eigenvalue weighted by Gasteiger charge is 2.60. The summed E-state index contributed by atoms with van der Waals surface area (Å²) in [6.07, 6.45) is 2.56. The first-order chi connectivity index (χ1) is 5.42. The van der Waals surface area contributed by atoms with Gasteiger partial charge < -0.3 is 14.2 Å². The number of hydrogen-bond acceptors (Lipinski definition) is 3. The Morgan fingerprint density at radius 2 is 1.91 bits per heavy atom. The molecule has 2 aliphatic heterocycles. The van der Waals surface area contributed by atoms with Gasteiger partial charge in [0, 0.05) is 5.92 Å². The monoisotopic (exact) mass is 156 g/mol. The van der Waals surface area contributed by atoms with Gasteiger partial charge in [-0.15, -0.1) is 0 Å². The summed E-state index contributed by atoms with van der Waals surface area (Å²) in [5.74, 6) is 0.204. The molecule has 1 unspecified atom stereocenters. The fraction of sp³-hybridized carbons (Fsp3) is 1.00. The Morgan fingerprint density at radius 1 is 1.09 bits per heavy atom. The van der Waals surface area contributed by atoms with Crippen molar-refractivity contribution in [3.8, 4) is 0 Å². The van der Waals surface area contributed by atoms with E-state index in [4.69, 9.17) is 14.2 Å². The fourth-order valence-corrected chi connectivity index (χ4v) is 2.51. The second-order valence-corrected chi connectivity index (χ2v) is 3.51. The predicted octanol–water partition coefficient (Wildman–Crippen LogP) is 0.538. The lowest BCUT2D eigenvalue weighted by molar-refractivity contribution is -0.189. The lowest BCUT2D eigenvalue weighted by Gasteiger charge is -2.24. The molecule has 3 fully saturated rings. The molecule has 2 bridgehead atoms. The molecule has 2 atom stereocenters. The Balaban J connectivity index is 1.95. The van der Waals surface area contributed by atoms with Gasteiger partial charge in [0.2, 0.25) is 0 Å². The van der Waals surface area contributed by atoms with E-state index in [1.54, 1.807) is 0 Å². The maximum Gasteiger partial charge on any atom is 0.199 e. The Bertz CT molecular complexity index is 152. The van der Waals surface area contributed by atoms with Gasteiger partial charge in [-0.3, -0.25) is 0 Å². The zero-order valence-corrected chi connectivity index (χ0v) is 6.41. The minimum Gasteiger partial charge on any atom is -0.372 e. The molecule has 0 aromatic heterocycles. The molecule has 2 heterocycles. The lowest BCUT2D eigenvalue weighted by Crippen LogP contribution is -2.39. The van der Waals surface area contributed by atoms with E-state index in [-0.39, 0.29) is 11.9 Å². The number of ether oxygens (including phenoxy) is 3. The van der Waals surface area contributed by atoms with Crippen molar-refractivity contribution in [2.75, 3.05) is 19.8 Å². The second-order valence-electron chi connectivity index (χ2n) is 3.51. The molecule has 3 aliphatic rings. The van der Waals surface area contributed by atoms with Crippen LogP contribution in [0.15, 0.2) is 0 Å². The van der Waals surface area contributed by atoms with Crippen LogP contribution in [0.3, 0.4) is 0 Å². The maximum absolute atomic E-state index is 5.64. The molecule has 3 rings (SSSR count). The Labute approximate surface area is 65.6 Å². The molecule has 62 valence electrons. The topological polar surface area (TPSA) is 27.7 Å². The van der Waals surface area contributed by atoms with Gasteiger partial charge in [0.25, 0.3) is 0 Å². The molecule has 0 N–H and O–H groups in total. The van der Waals surface area contributed by atoms with Crippen molar-refractivity contribution in [2.24, 2.45) is 5.92 Å². The average Bonchev–Trinajstić information content (AvgIpc) is 2.72. The SMILES string of the molecule is C1COC2(O1)C1CC[C@@H]2OC1. The molecule has 1 saturated carbocycles. The van der Waals surface area contributed by atoms with Crippen molar-refractivity contribution >= 4 is 0 Å². The largest absolute Gasteiger partial charge is 0.372 e. The molecule has 3 nitrogen and oxygen atoms in total.